The van der Waals surface area contributed by atoms with Gasteiger partial charge in [0.2, 0.25) is 0 Å². The number of carbonyl (C=O) groups is 1. The lowest BCUT2D eigenvalue weighted by atomic mass is 9.84. The molecule has 0 aromatic carbocycles. The summed E-state index contributed by atoms with van der Waals surface area (Å²) in [6.07, 6.45) is 5.55. The summed E-state index contributed by atoms with van der Waals surface area (Å²) in [6, 6.07) is 9.59. The Morgan fingerprint density at radius 2 is 2.24 bits per heavy atom. The molecule has 1 amide bonds. The third kappa shape index (κ3) is 3.32. The molecule has 2 fully saturated rings. The topological polar surface area (TPSA) is 56.6 Å². The van der Waals surface area contributed by atoms with Crippen LogP contribution >= 0.6 is 0 Å². The Morgan fingerprint density at radius 1 is 1.36 bits per heavy atom. The van der Waals surface area contributed by atoms with E-state index < -0.39 is 0 Å². The van der Waals surface area contributed by atoms with Crippen LogP contribution in [-0.4, -0.2) is 51.8 Å². The van der Waals surface area contributed by atoms with Crippen molar-refractivity contribution < 1.29 is 14.3 Å². The molecule has 2 aromatic rings. The van der Waals surface area contributed by atoms with Crippen molar-refractivity contribution in [3.8, 4) is 0 Å². The van der Waals surface area contributed by atoms with E-state index in [9.17, 15) is 4.79 Å². The van der Waals surface area contributed by atoms with Crippen LogP contribution in [0.2, 0.25) is 0 Å². The van der Waals surface area contributed by atoms with Gasteiger partial charge >= 0.3 is 0 Å². The van der Waals surface area contributed by atoms with Gasteiger partial charge in [0.1, 0.15) is 11.3 Å². The van der Waals surface area contributed by atoms with Crippen molar-refractivity contribution in [3.63, 3.8) is 0 Å². The molecule has 25 heavy (non-hydrogen) atoms. The first kappa shape index (κ1) is 16.3. The lowest BCUT2D eigenvalue weighted by Crippen LogP contribution is -2.67. The number of rotatable bonds is 4. The first-order valence-electron chi connectivity index (χ1n) is 8.71. The van der Waals surface area contributed by atoms with Gasteiger partial charge in [-0.2, -0.15) is 0 Å². The van der Waals surface area contributed by atoms with E-state index in [2.05, 4.69) is 4.98 Å². The number of nitrogens with zero attached hydrogens (tertiary/aromatic N) is 3. The maximum Gasteiger partial charge on any atom is 0.270 e. The van der Waals surface area contributed by atoms with Crippen molar-refractivity contribution in [1.29, 1.82) is 0 Å². The van der Waals surface area contributed by atoms with Crippen molar-refractivity contribution in [1.82, 2.24) is 14.5 Å². The summed E-state index contributed by atoms with van der Waals surface area (Å²) >= 11 is 0. The number of aromatic nitrogens is 2. The Hall–Kier alpha value is -2.18. The number of pyridine rings is 1. The monoisotopic (exact) mass is 341 g/mol. The van der Waals surface area contributed by atoms with Crippen LogP contribution < -0.4 is 0 Å². The third-order valence-electron chi connectivity index (χ3n) is 5.05. The molecule has 0 N–H and O–H groups in total. The van der Waals surface area contributed by atoms with E-state index in [1.54, 1.807) is 6.20 Å². The highest BCUT2D eigenvalue weighted by Crippen LogP contribution is 2.36. The predicted molar refractivity (Wildman–Crippen MR) is 92.0 cm³/mol. The molecule has 0 aliphatic carbocycles. The average Bonchev–Trinajstić information content (AvgIpc) is 3.04. The zero-order valence-corrected chi connectivity index (χ0v) is 14.4. The number of hydrogen-bond donors (Lipinski definition) is 0. The molecule has 4 rings (SSSR count). The Bertz CT molecular complexity index is 737. The van der Waals surface area contributed by atoms with E-state index in [-0.39, 0.29) is 17.6 Å². The summed E-state index contributed by atoms with van der Waals surface area (Å²) in [5.41, 5.74) is 1.42. The van der Waals surface area contributed by atoms with Crippen LogP contribution in [0.15, 0.2) is 42.7 Å². The highest BCUT2D eigenvalue weighted by atomic mass is 16.5. The Morgan fingerprint density at radius 3 is 2.96 bits per heavy atom. The molecule has 0 saturated carbocycles. The number of hydrogen-bond acceptors (Lipinski definition) is 4. The van der Waals surface area contributed by atoms with Gasteiger partial charge < -0.3 is 18.9 Å². The fourth-order valence-corrected chi connectivity index (χ4v) is 3.67. The number of likely N-dealkylation sites (tertiary alicyclic amines) is 1. The van der Waals surface area contributed by atoms with E-state index in [1.807, 2.05) is 53.0 Å². The molecule has 1 unspecified atom stereocenters. The van der Waals surface area contributed by atoms with Gasteiger partial charge in [-0.05, 0) is 30.7 Å². The number of carbonyl (C=O) groups excluding carboxylic acids is 1. The summed E-state index contributed by atoms with van der Waals surface area (Å²) in [5, 5.41) is 0. The SMILES string of the molecule is Cn1cccc1C(=O)N1CC2(CC(OCc3ccccn3)CCO2)C1. The van der Waals surface area contributed by atoms with Gasteiger partial charge in [-0.1, -0.05) is 6.07 Å². The summed E-state index contributed by atoms with van der Waals surface area (Å²) < 4.78 is 13.9. The molecule has 4 heterocycles. The van der Waals surface area contributed by atoms with Gasteiger partial charge in [-0.3, -0.25) is 9.78 Å². The Kier molecular flexibility index (Phi) is 4.31. The van der Waals surface area contributed by atoms with Gasteiger partial charge in [-0.15, -0.1) is 0 Å². The lowest BCUT2D eigenvalue weighted by Gasteiger charge is -2.52. The molecule has 0 radical (unpaired) electrons. The van der Waals surface area contributed by atoms with E-state index in [1.165, 1.54) is 0 Å². The van der Waals surface area contributed by atoms with Crippen molar-refractivity contribution >= 4 is 5.91 Å². The minimum Gasteiger partial charge on any atom is -0.372 e. The number of amides is 1. The normalized spacial score (nSPS) is 22.0. The predicted octanol–water partition coefficient (Wildman–Crippen LogP) is 2.01. The van der Waals surface area contributed by atoms with Crippen LogP contribution in [0.1, 0.15) is 29.0 Å². The zero-order valence-electron chi connectivity index (χ0n) is 14.4. The minimum absolute atomic E-state index is 0.0678. The number of aryl methyl sites for hydroxylation is 1. The first-order valence-corrected chi connectivity index (χ1v) is 8.71. The lowest BCUT2D eigenvalue weighted by molar-refractivity contribution is -0.188. The molecular formula is C19H23N3O3. The van der Waals surface area contributed by atoms with Gasteiger partial charge in [0.05, 0.1) is 31.5 Å². The van der Waals surface area contributed by atoms with Gasteiger partial charge in [-0.25, -0.2) is 0 Å². The molecular weight excluding hydrogens is 318 g/mol. The third-order valence-corrected chi connectivity index (χ3v) is 5.05. The molecule has 1 spiro atoms. The van der Waals surface area contributed by atoms with E-state index in [0.717, 1.165) is 18.5 Å². The van der Waals surface area contributed by atoms with Crippen molar-refractivity contribution in [3.05, 3.63) is 54.1 Å². The highest BCUT2D eigenvalue weighted by molar-refractivity contribution is 5.93. The van der Waals surface area contributed by atoms with Crippen molar-refractivity contribution in [2.45, 2.75) is 31.2 Å². The molecule has 132 valence electrons. The molecule has 2 aromatic heterocycles. The summed E-state index contributed by atoms with van der Waals surface area (Å²) in [4.78, 5) is 18.7. The standard InChI is InChI=1S/C19H23N3O3/c1-21-9-4-6-17(21)18(23)22-13-19(14-22)11-16(7-10-25-19)24-12-15-5-2-3-8-20-15/h2-6,8-9,16H,7,10-14H2,1H3. The van der Waals surface area contributed by atoms with Crippen LogP contribution in [0.5, 0.6) is 0 Å². The minimum atomic E-state index is -0.242. The fourth-order valence-electron chi connectivity index (χ4n) is 3.67. The highest BCUT2D eigenvalue weighted by Gasteiger charge is 2.49. The van der Waals surface area contributed by atoms with E-state index in [4.69, 9.17) is 9.47 Å². The van der Waals surface area contributed by atoms with Gasteiger partial charge in [0.25, 0.3) is 5.91 Å². The van der Waals surface area contributed by atoms with Gasteiger partial charge in [0, 0.05) is 32.5 Å². The zero-order chi connectivity index (χ0) is 17.3. The summed E-state index contributed by atoms with van der Waals surface area (Å²) in [6.45, 7) is 2.48. The molecule has 6 heteroatoms. The number of ether oxygens (including phenoxy) is 2. The van der Waals surface area contributed by atoms with E-state index in [0.29, 0.717) is 32.0 Å². The second-order valence-electron chi connectivity index (χ2n) is 6.94. The van der Waals surface area contributed by atoms with Gasteiger partial charge in [0.15, 0.2) is 0 Å². The molecule has 1 atom stereocenters. The second kappa shape index (κ2) is 6.61. The Balaban J connectivity index is 1.32. The molecule has 2 saturated heterocycles. The molecule has 6 nitrogen and oxygen atoms in total. The van der Waals surface area contributed by atoms with Crippen molar-refractivity contribution in [2.75, 3.05) is 19.7 Å². The summed E-state index contributed by atoms with van der Waals surface area (Å²) in [7, 11) is 1.89. The molecule has 2 aliphatic heterocycles. The van der Waals surface area contributed by atoms with Crippen LogP contribution in [0.3, 0.4) is 0 Å². The summed E-state index contributed by atoms with van der Waals surface area (Å²) in [5.74, 6) is 0.0678. The fraction of sp³-hybridized carbons (Fsp3) is 0.474. The Labute approximate surface area is 147 Å². The van der Waals surface area contributed by atoms with Crippen LogP contribution in [-0.2, 0) is 23.1 Å². The quantitative estimate of drug-likeness (QED) is 0.854. The first-order chi connectivity index (χ1) is 12.2. The second-order valence-corrected chi connectivity index (χ2v) is 6.94. The maximum atomic E-state index is 12.5. The van der Waals surface area contributed by atoms with E-state index >= 15 is 0 Å². The molecule has 0 bridgehead atoms. The van der Waals surface area contributed by atoms with Crippen LogP contribution in [0, 0.1) is 0 Å². The largest absolute Gasteiger partial charge is 0.372 e. The van der Waals surface area contributed by atoms with Crippen LogP contribution in [0.4, 0.5) is 0 Å². The van der Waals surface area contributed by atoms with Crippen LogP contribution in [0.25, 0.3) is 0 Å². The smallest absolute Gasteiger partial charge is 0.270 e. The maximum absolute atomic E-state index is 12.5. The molecule has 2 aliphatic rings. The average molecular weight is 341 g/mol. The van der Waals surface area contributed by atoms with Crippen molar-refractivity contribution in [2.24, 2.45) is 7.05 Å².